The Morgan fingerprint density at radius 1 is 1.62 bits per heavy atom. The SMILES string of the molecule is Cc1c(CO)cc(Br)cc1[N+](=O)[O-]. The summed E-state index contributed by atoms with van der Waals surface area (Å²) in [7, 11) is 0. The number of nitrogens with zero attached hydrogens (tertiary/aromatic N) is 1. The summed E-state index contributed by atoms with van der Waals surface area (Å²) in [6, 6.07) is 3.09. The largest absolute Gasteiger partial charge is 0.392 e. The number of hydrogen-bond donors (Lipinski definition) is 1. The first-order valence-electron chi connectivity index (χ1n) is 3.60. The molecule has 0 atom stereocenters. The Morgan fingerprint density at radius 2 is 2.23 bits per heavy atom. The van der Waals surface area contributed by atoms with Gasteiger partial charge in [0.1, 0.15) is 0 Å². The highest BCUT2D eigenvalue weighted by Crippen LogP contribution is 2.26. The van der Waals surface area contributed by atoms with Gasteiger partial charge < -0.3 is 5.11 Å². The van der Waals surface area contributed by atoms with E-state index in [1.165, 1.54) is 6.07 Å². The zero-order valence-electron chi connectivity index (χ0n) is 6.95. The second-order valence-corrected chi connectivity index (χ2v) is 3.54. The van der Waals surface area contributed by atoms with Gasteiger partial charge in [-0.15, -0.1) is 0 Å². The topological polar surface area (TPSA) is 63.4 Å². The van der Waals surface area contributed by atoms with Crippen molar-refractivity contribution in [1.29, 1.82) is 0 Å². The first kappa shape index (κ1) is 10.1. The van der Waals surface area contributed by atoms with Gasteiger partial charge in [0.05, 0.1) is 11.5 Å². The summed E-state index contributed by atoms with van der Waals surface area (Å²) in [5.74, 6) is 0. The van der Waals surface area contributed by atoms with Crippen LogP contribution in [0.4, 0.5) is 5.69 Å². The molecule has 4 nitrogen and oxygen atoms in total. The molecule has 0 fully saturated rings. The maximum atomic E-state index is 10.5. The minimum atomic E-state index is -0.459. The van der Waals surface area contributed by atoms with Crippen molar-refractivity contribution in [3.05, 3.63) is 37.8 Å². The number of nitro benzene ring substituents is 1. The van der Waals surface area contributed by atoms with Gasteiger partial charge in [-0.25, -0.2) is 0 Å². The Bertz CT molecular complexity index is 351. The highest BCUT2D eigenvalue weighted by Gasteiger charge is 2.14. The van der Waals surface area contributed by atoms with E-state index in [9.17, 15) is 10.1 Å². The Morgan fingerprint density at radius 3 is 2.69 bits per heavy atom. The molecule has 1 N–H and O–H groups in total. The number of aliphatic hydroxyl groups excluding tert-OH is 1. The Hall–Kier alpha value is -0.940. The first-order chi connectivity index (χ1) is 6.06. The maximum absolute atomic E-state index is 10.5. The van der Waals surface area contributed by atoms with E-state index >= 15 is 0 Å². The van der Waals surface area contributed by atoms with Crippen molar-refractivity contribution in [2.45, 2.75) is 13.5 Å². The molecule has 1 rings (SSSR count). The van der Waals surface area contributed by atoms with Crippen molar-refractivity contribution in [2.24, 2.45) is 0 Å². The van der Waals surface area contributed by atoms with Crippen LogP contribution in [0.2, 0.25) is 0 Å². The third-order valence-corrected chi connectivity index (χ3v) is 2.28. The highest BCUT2D eigenvalue weighted by atomic mass is 79.9. The van der Waals surface area contributed by atoms with Gasteiger partial charge in [0.15, 0.2) is 0 Å². The molecule has 70 valence electrons. The Balaban J connectivity index is 3.35. The van der Waals surface area contributed by atoms with Gasteiger partial charge in [-0.2, -0.15) is 0 Å². The molecule has 0 aliphatic carbocycles. The third kappa shape index (κ3) is 2.05. The molecule has 1 aromatic carbocycles. The molecule has 0 aromatic heterocycles. The van der Waals surface area contributed by atoms with Crippen molar-refractivity contribution < 1.29 is 10.0 Å². The molecule has 0 unspecified atom stereocenters. The summed E-state index contributed by atoms with van der Waals surface area (Å²) < 4.78 is 0.605. The van der Waals surface area contributed by atoms with E-state index < -0.39 is 4.92 Å². The zero-order valence-corrected chi connectivity index (χ0v) is 8.54. The predicted octanol–water partition coefficient (Wildman–Crippen LogP) is 2.16. The Kier molecular flexibility index (Phi) is 3.00. The fraction of sp³-hybridized carbons (Fsp3) is 0.250. The summed E-state index contributed by atoms with van der Waals surface area (Å²) in [5, 5.41) is 19.5. The standard InChI is InChI=1S/C8H8BrNO3/c1-5-6(4-11)2-7(9)3-8(5)10(12)13/h2-3,11H,4H2,1H3. The quantitative estimate of drug-likeness (QED) is 0.642. The van der Waals surface area contributed by atoms with E-state index in [2.05, 4.69) is 15.9 Å². The summed E-state index contributed by atoms with van der Waals surface area (Å²) >= 11 is 3.14. The minimum Gasteiger partial charge on any atom is -0.392 e. The van der Waals surface area contributed by atoms with Crippen LogP contribution in [-0.2, 0) is 6.61 Å². The lowest BCUT2D eigenvalue weighted by Gasteiger charge is -2.03. The molecule has 0 saturated heterocycles. The molecular weight excluding hydrogens is 238 g/mol. The number of rotatable bonds is 2. The van der Waals surface area contributed by atoms with Gasteiger partial charge >= 0.3 is 0 Å². The summed E-state index contributed by atoms with van der Waals surface area (Å²) in [5.41, 5.74) is 1.11. The molecule has 5 heteroatoms. The van der Waals surface area contributed by atoms with Crippen LogP contribution in [0.3, 0.4) is 0 Å². The molecule has 0 radical (unpaired) electrons. The highest BCUT2D eigenvalue weighted by molar-refractivity contribution is 9.10. The molecule has 0 aliphatic heterocycles. The second-order valence-electron chi connectivity index (χ2n) is 2.62. The summed E-state index contributed by atoms with van der Waals surface area (Å²) in [4.78, 5) is 10.1. The van der Waals surface area contributed by atoms with E-state index in [1.54, 1.807) is 13.0 Å². The average Bonchev–Trinajstić information content (AvgIpc) is 2.08. The maximum Gasteiger partial charge on any atom is 0.273 e. The van der Waals surface area contributed by atoms with Gasteiger partial charge in [0.25, 0.3) is 5.69 Å². The van der Waals surface area contributed by atoms with Gasteiger partial charge in [-0.1, -0.05) is 15.9 Å². The van der Waals surface area contributed by atoms with Crippen LogP contribution in [0.25, 0.3) is 0 Å². The van der Waals surface area contributed by atoms with E-state index in [0.29, 0.717) is 15.6 Å². The van der Waals surface area contributed by atoms with Crippen LogP contribution in [0.5, 0.6) is 0 Å². The van der Waals surface area contributed by atoms with Gasteiger partial charge in [0, 0.05) is 16.1 Å². The van der Waals surface area contributed by atoms with Crippen LogP contribution < -0.4 is 0 Å². The van der Waals surface area contributed by atoms with Crippen LogP contribution in [0.1, 0.15) is 11.1 Å². The average molecular weight is 246 g/mol. The van der Waals surface area contributed by atoms with Crippen LogP contribution in [0.15, 0.2) is 16.6 Å². The first-order valence-corrected chi connectivity index (χ1v) is 4.40. The smallest absolute Gasteiger partial charge is 0.273 e. The molecule has 0 heterocycles. The fourth-order valence-electron chi connectivity index (χ4n) is 1.07. The van der Waals surface area contributed by atoms with Gasteiger partial charge in [-0.05, 0) is 18.6 Å². The van der Waals surface area contributed by atoms with Crippen molar-refractivity contribution in [1.82, 2.24) is 0 Å². The monoisotopic (exact) mass is 245 g/mol. The third-order valence-electron chi connectivity index (χ3n) is 1.82. The normalized spacial score (nSPS) is 10.1. The zero-order chi connectivity index (χ0) is 10.0. The lowest BCUT2D eigenvalue weighted by atomic mass is 10.1. The molecule has 0 aliphatic rings. The van der Waals surface area contributed by atoms with E-state index in [-0.39, 0.29) is 12.3 Å². The van der Waals surface area contributed by atoms with Crippen molar-refractivity contribution in [3.8, 4) is 0 Å². The fourth-order valence-corrected chi connectivity index (χ4v) is 1.57. The minimum absolute atomic E-state index is 0.0263. The molecule has 1 aromatic rings. The number of nitro groups is 1. The predicted molar refractivity (Wildman–Crippen MR) is 51.5 cm³/mol. The number of benzene rings is 1. The van der Waals surface area contributed by atoms with E-state index in [0.717, 1.165) is 0 Å². The van der Waals surface area contributed by atoms with Gasteiger partial charge in [-0.3, -0.25) is 10.1 Å². The van der Waals surface area contributed by atoms with Crippen molar-refractivity contribution >= 4 is 21.6 Å². The van der Waals surface area contributed by atoms with Crippen molar-refractivity contribution in [2.75, 3.05) is 0 Å². The number of hydrogen-bond acceptors (Lipinski definition) is 3. The molecule has 0 saturated carbocycles. The van der Waals surface area contributed by atoms with Crippen LogP contribution in [-0.4, -0.2) is 10.0 Å². The van der Waals surface area contributed by atoms with Gasteiger partial charge in [0.2, 0.25) is 0 Å². The van der Waals surface area contributed by atoms with E-state index in [1.807, 2.05) is 0 Å². The lowest BCUT2D eigenvalue weighted by molar-refractivity contribution is -0.385. The van der Waals surface area contributed by atoms with E-state index in [4.69, 9.17) is 5.11 Å². The number of halogens is 1. The molecule has 13 heavy (non-hydrogen) atoms. The second kappa shape index (κ2) is 3.85. The summed E-state index contributed by atoms with van der Waals surface area (Å²) in [6.45, 7) is 1.43. The van der Waals surface area contributed by atoms with Crippen LogP contribution >= 0.6 is 15.9 Å². The summed E-state index contributed by atoms with van der Waals surface area (Å²) in [6.07, 6.45) is 0. The lowest BCUT2D eigenvalue weighted by Crippen LogP contribution is -1.96. The number of aliphatic hydroxyl groups is 1. The molecule has 0 bridgehead atoms. The molecule has 0 amide bonds. The molecule has 0 spiro atoms. The van der Waals surface area contributed by atoms with Crippen molar-refractivity contribution in [3.63, 3.8) is 0 Å². The molecular formula is C8H8BrNO3. The Labute approximate surface area is 83.5 Å². The van der Waals surface area contributed by atoms with Crippen LogP contribution in [0, 0.1) is 17.0 Å².